The molecule has 0 saturated heterocycles. The van der Waals surface area contributed by atoms with Gasteiger partial charge < -0.3 is 5.11 Å². The maximum Gasteiger partial charge on any atom is 0.347 e. The summed E-state index contributed by atoms with van der Waals surface area (Å²) in [4.78, 5) is 14.7. The number of thiazole rings is 1. The summed E-state index contributed by atoms with van der Waals surface area (Å²) < 4.78 is 3.70. The van der Waals surface area contributed by atoms with Gasteiger partial charge in [-0.1, -0.05) is 4.49 Å². The minimum atomic E-state index is -0.956. The van der Waals surface area contributed by atoms with Crippen LogP contribution in [0.15, 0.2) is 11.6 Å². The van der Waals surface area contributed by atoms with Crippen molar-refractivity contribution in [1.29, 1.82) is 0 Å². The summed E-state index contributed by atoms with van der Waals surface area (Å²) in [6.07, 6.45) is 4.80. The van der Waals surface area contributed by atoms with Crippen LogP contribution in [0.3, 0.4) is 0 Å². The van der Waals surface area contributed by atoms with Crippen molar-refractivity contribution in [2.45, 2.75) is 0 Å². The Hall–Kier alpha value is -1.60. The molecule has 7 heteroatoms. The summed E-state index contributed by atoms with van der Waals surface area (Å²) in [7, 11) is 0. The van der Waals surface area contributed by atoms with E-state index in [1.807, 2.05) is 0 Å². The molecule has 2 aromatic heterocycles. The summed E-state index contributed by atoms with van der Waals surface area (Å²) >= 11 is 2.38. The van der Waals surface area contributed by atoms with E-state index >= 15 is 0 Å². The highest BCUT2D eigenvalue weighted by molar-refractivity contribution is 7.14. The fraction of sp³-hybridized carbons (Fsp3) is 0. The van der Waals surface area contributed by atoms with Gasteiger partial charge in [0.25, 0.3) is 0 Å². The van der Waals surface area contributed by atoms with Crippen molar-refractivity contribution in [1.82, 2.24) is 14.6 Å². The van der Waals surface area contributed by atoms with Crippen LogP contribution in [0.5, 0.6) is 0 Å². The van der Waals surface area contributed by atoms with Crippen LogP contribution in [-0.4, -0.2) is 25.6 Å². The quantitative estimate of drug-likeness (QED) is 0.884. The second-order valence-corrected chi connectivity index (χ2v) is 4.20. The molecule has 0 aliphatic heterocycles. The van der Waals surface area contributed by atoms with Crippen molar-refractivity contribution in [2.75, 3.05) is 0 Å². The average molecular weight is 239 g/mol. The highest BCUT2D eigenvalue weighted by atomic mass is 32.1. The van der Waals surface area contributed by atoms with Gasteiger partial charge in [0.05, 0.1) is 11.9 Å². The second kappa shape index (κ2) is 4.28. The number of nitrogens with zero attached hydrogens (tertiary/aromatic N) is 3. The Morgan fingerprint density at radius 2 is 2.33 bits per heavy atom. The molecule has 2 rings (SSSR count). The maximum absolute atomic E-state index is 10.6. The summed E-state index contributed by atoms with van der Waals surface area (Å²) in [6, 6.07) is 0. The van der Waals surface area contributed by atoms with Gasteiger partial charge in [-0.25, -0.2) is 9.78 Å². The molecule has 0 aromatic carbocycles. The first-order valence-corrected chi connectivity index (χ1v) is 5.55. The summed E-state index contributed by atoms with van der Waals surface area (Å²) in [5, 5.41) is 14.9. The zero-order valence-electron chi connectivity index (χ0n) is 7.32. The molecule has 76 valence electrons. The zero-order chi connectivity index (χ0) is 10.7. The summed E-state index contributed by atoms with van der Waals surface area (Å²) in [5.41, 5.74) is 0.743. The SMILES string of the molecule is O=C(O)c1cnc(/C=C/c2csnn2)s1. The Labute approximate surface area is 92.9 Å². The van der Waals surface area contributed by atoms with Gasteiger partial charge in [0.2, 0.25) is 0 Å². The van der Waals surface area contributed by atoms with Crippen LogP contribution in [0, 0.1) is 0 Å². The fourth-order valence-corrected chi connectivity index (χ4v) is 1.95. The standard InChI is InChI=1S/C8H5N3O2S2/c12-8(13)6-3-9-7(15-6)2-1-5-4-14-11-10-5/h1-4H,(H,12,13)/b2-1+. The van der Waals surface area contributed by atoms with Crippen LogP contribution < -0.4 is 0 Å². The lowest BCUT2D eigenvalue weighted by Gasteiger charge is -1.81. The number of aromatic carboxylic acids is 1. The number of hydrogen-bond donors (Lipinski definition) is 1. The van der Waals surface area contributed by atoms with Gasteiger partial charge in [-0.05, 0) is 23.7 Å². The molecule has 1 N–H and O–H groups in total. The molecule has 2 heterocycles. The molecule has 0 spiro atoms. The first kappa shape index (κ1) is 9.94. The second-order valence-electron chi connectivity index (χ2n) is 2.53. The van der Waals surface area contributed by atoms with Crippen LogP contribution in [0.4, 0.5) is 0 Å². The highest BCUT2D eigenvalue weighted by Crippen LogP contribution is 2.15. The van der Waals surface area contributed by atoms with E-state index in [1.165, 1.54) is 17.7 Å². The van der Waals surface area contributed by atoms with Crippen LogP contribution in [0.25, 0.3) is 12.2 Å². The third kappa shape index (κ3) is 2.45. The normalized spacial score (nSPS) is 10.9. The molecule has 0 saturated carbocycles. The van der Waals surface area contributed by atoms with Crippen LogP contribution in [0.1, 0.15) is 20.4 Å². The number of carbonyl (C=O) groups is 1. The third-order valence-electron chi connectivity index (χ3n) is 1.51. The predicted octanol–water partition coefficient (Wildman–Crippen LogP) is 1.86. The van der Waals surface area contributed by atoms with Crippen molar-refractivity contribution in [2.24, 2.45) is 0 Å². The minimum absolute atomic E-state index is 0.228. The van der Waals surface area contributed by atoms with Crippen molar-refractivity contribution in [3.8, 4) is 0 Å². The van der Waals surface area contributed by atoms with E-state index in [4.69, 9.17) is 5.11 Å². The van der Waals surface area contributed by atoms with Gasteiger partial charge >= 0.3 is 5.97 Å². The lowest BCUT2D eigenvalue weighted by Crippen LogP contribution is -1.89. The van der Waals surface area contributed by atoms with Crippen LogP contribution >= 0.6 is 22.9 Å². The first-order valence-electron chi connectivity index (χ1n) is 3.90. The van der Waals surface area contributed by atoms with E-state index in [0.717, 1.165) is 17.0 Å². The van der Waals surface area contributed by atoms with Gasteiger partial charge in [0, 0.05) is 5.38 Å². The highest BCUT2D eigenvalue weighted by Gasteiger charge is 2.06. The van der Waals surface area contributed by atoms with Crippen molar-refractivity contribution in [3.63, 3.8) is 0 Å². The predicted molar refractivity (Wildman–Crippen MR) is 57.9 cm³/mol. The Morgan fingerprint density at radius 1 is 1.47 bits per heavy atom. The molecule has 0 atom stereocenters. The van der Waals surface area contributed by atoms with E-state index in [2.05, 4.69) is 14.6 Å². The van der Waals surface area contributed by atoms with Crippen molar-refractivity contribution >= 4 is 41.0 Å². The lowest BCUT2D eigenvalue weighted by atomic mass is 10.4. The van der Waals surface area contributed by atoms with E-state index in [1.54, 1.807) is 17.5 Å². The molecule has 0 unspecified atom stereocenters. The Kier molecular flexibility index (Phi) is 2.84. The largest absolute Gasteiger partial charge is 0.477 e. The van der Waals surface area contributed by atoms with Gasteiger partial charge in [-0.2, -0.15) is 0 Å². The van der Waals surface area contributed by atoms with Crippen LogP contribution in [0.2, 0.25) is 0 Å². The maximum atomic E-state index is 10.6. The van der Waals surface area contributed by atoms with Gasteiger partial charge in [0.15, 0.2) is 0 Å². The monoisotopic (exact) mass is 239 g/mol. The summed E-state index contributed by atoms with van der Waals surface area (Å²) in [5.74, 6) is -0.956. The number of rotatable bonds is 3. The van der Waals surface area contributed by atoms with Gasteiger partial charge in [-0.3, -0.25) is 0 Å². The molecule has 2 aromatic rings. The molecule has 0 fully saturated rings. The molecule has 0 amide bonds. The van der Waals surface area contributed by atoms with Gasteiger partial charge in [0.1, 0.15) is 9.88 Å². The van der Waals surface area contributed by atoms with Crippen molar-refractivity contribution < 1.29 is 9.90 Å². The first-order chi connectivity index (χ1) is 7.25. The third-order valence-corrected chi connectivity index (χ3v) is 2.98. The zero-order valence-corrected chi connectivity index (χ0v) is 8.96. The molecule has 0 aliphatic carbocycles. The number of aromatic nitrogens is 3. The molecular formula is C8H5N3O2S2. The lowest BCUT2D eigenvalue weighted by molar-refractivity contribution is 0.0702. The smallest absolute Gasteiger partial charge is 0.347 e. The number of carboxylic acid groups (broad SMARTS) is 1. The number of hydrogen-bond acceptors (Lipinski definition) is 6. The summed E-state index contributed by atoms with van der Waals surface area (Å²) in [6.45, 7) is 0. The average Bonchev–Trinajstić information content (AvgIpc) is 2.86. The van der Waals surface area contributed by atoms with Crippen LogP contribution in [-0.2, 0) is 0 Å². The molecule has 0 bridgehead atoms. The topological polar surface area (TPSA) is 76.0 Å². The van der Waals surface area contributed by atoms with E-state index < -0.39 is 5.97 Å². The van der Waals surface area contributed by atoms with E-state index in [-0.39, 0.29) is 4.88 Å². The van der Waals surface area contributed by atoms with E-state index in [9.17, 15) is 4.79 Å². The Morgan fingerprint density at radius 3 is 2.93 bits per heavy atom. The minimum Gasteiger partial charge on any atom is -0.477 e. The van der Waals surface area contributed by atoms with E-state index in [0.29, 0.717) is 5.01 Å². The van der Waals surface area contributed by atoms with Crippen molar-refractivity contribution in [3.05, 3.63) is 27.2 Å². The van der Waals surface area contributed by atoms with Gasteiger partial charge in [-0.15, -0.1) is 16.4 Å². The molecule has 15 heavy (non-hydrogen) atoms. The number of carboxylic acids is 1. The molecular weight excluding hydrogens is 234 g/mol. The molecule has 0 aliphatic rings. The Bertz CT molecular complexity index is 490. The Balaban J connectivity index is 2.14. The molecule has 0 radical (unpaired) electrons. The fourth-order valence-electron chi connectivity index (χ4n) is 0.865. The molecule has 5 nitrogen and oxygen atoms in total.